The number of nitrogens with one attached hydrogen (secondary N) is 1. The lowest BCUT2D eigenvalue weighted by Gasteiger charge is -2.03. The third-order valence-corrected chi connectivity index (χ3v) is 1.60. The van der Waals surface area contributed by atoms with Gasteiger partial charge in [-0.2, -0.15) is 0 Å². The summed E-state index contributed by atoms with van der Waals surface area (Å²) in [4.78, 5) is 22.2. The van der Waals surface area contributed by atoms with Gasteiger partial charge in [-0.15, -0.1) is 0 Å². The average Bonchev–Trinajstić information content (AvgIpc) is 2.16. The standard InChI is InChI=1S/C10H12N4O/c1-7(2)6-9(15)14-10-12-5-4-8(11-3)13-10/h4-5,7H,6H2,1-2H3,(H,12,13,14,15). The largest absolute Gasteiger partial charge is 0.360 e. The van der Waals surface area contributed by atoms with Crippen LogP contribution < -0.4 is 5.32 Å². The molecule has 0 bridgehead atoms. The minimum Gasteiger partial charge on any atom is -0.360 e. The molecule has 0 radical (unpaired) electrons. The Morgan fingerprint density at radius 3 is 3.00 bits per heavy atom. The Labute approximate surface area is 88.4 Å². The highest BCUT2D eigenvalue weighted by Gasteiger charge is 2.09. The van der Waals surface area contributed by atoms with Crippen LogP contribution in [0, 0.1) is 12.5 Å². The van der Waals surface area contributed by atoms with Crippen molar-refractivity contribution in [3.05, 3.63) is 23.7 Å². The maximum atomic E-state index is 11.4. The molecular formula is C10H12N4O. The first-order chi connectivity index (χ1) is 7.11. The van der Waals surface area contributed by atoms with Crippen LogP contribution in [0.2, 0.25) is 0 Å². The predicted molar refractivity (Wildman–Crippen MR) is 56.4 cm³/mol. The monoisotopic (exact) mass is 204 g/mol. The smallest absolute Gasteiger partial charge is 0.326 e. The van der Waals surface area contributed by atoms with Crippen LogP contribution in [0.15, 0.2) is 12.3 Å². The van der Waals surface area contributed by atoms with Crippen molar-refractivity contribution in [2.75, 3.05) is 5.32 Å². The molecule has 1 aromatic heterocycles. The van der Waals surface area contributed by atoms with Crippen LogP contribution in [0.25, 0.3) is 4.85 Å². The molecule has 5 heteroatoms. The topological polar surface area (TPSA) is 59.2 Å². The Balaban J connectivity index is 2.65. The Hall–Kier alpha value is -1.96. The van der Waals surface area contributed by atoms with Gasteiger partial charge in [-0.1, -0.05) is 25.4 Å². The summed E-state index contributed by atoms with van der Waals surface area (Å²) in [6.45, 7) is 10.7. The van der Waals surface area contributed by atoms with E-state index in [0.717, 1.165) is 0 Å². The molecule has 0 aromatic carbocycles. The van der Waals surface area contributed by atoms with E-state index in [9.17, 15) is 4.79 Å². The molecule has 1 N–H and O–H groups in total. The Kier molecular flexibility index (Phi) is 3.75. The summed E-state index contributed by atoms with van der Waals surface area (Å²) in [5.41, 5.74) is 0. The van der Waals surface area contributed by atoms with Gasteiger partial charge < -0.3 is 4.85 Å². The lowest BCUT2D eigenvalue weighted by atomic mass is 10.1. The van der Waals surface area contributed by atoms with E-state index in [2.05, 4.69) is 20.1 Å². The van der Waals surface area contributed by atoms with E-state index in [-0.39, 0.29) is 23.6 Å². The van der Waals surface area contributed by atoms with Gasteiger partial charge in [0.15, 0.2) is 0 Å². The van der Waals surface area contributed by atoms with E-state index in [1.165, 1.54) is 12.3 Å². The number of carbonyl (C=O) groups is 1. The highest BCUT2D eigenvalue weighted by atomic mass is 16.1. The minimum absolute atomic E-state index is 0.132. The summed E-state index contributed by atoms with van der Waals surface area (Å²) in [6, 6.07) is 1.49. The fraction of sp³-hybridized carbons (Fsp3) is 0.400. The number of amides is 1. The van der Waals surface area contributed by atoms with E-state index >= 15 is 0 Å². The summed E-state index contributed by atoms with van der Waals surface area (Å²) in [5, 5.41) is 2.54. The zero-order valence-electron chi connectivity index (χ0n) is 8.69. The molecule has 0 aliphatic carbocycles. The second-order valence-electron chi connectivity index (χ2n) is 3.50. The molecule has 5 nitrogen and oxygen atoms in total. The molecule has 1 heterocycles. The zero-order chi connectivity index (χ0) is 11.3. The Bertz CT molecular complexity index is 395. The van der Waals surface area contributed by atoms with Gasteiger partial charge in [0.05, 0.1) is 0 Å². The summed E-state index contributed by atoms with van der Waals surface area (Å²) in [7, 11) is 0. The molecule has 0 atom stereocenters. The quantitative estimate of drug-likeness (QED) is 0.766. The maximum absolute atomic E-state index is 11.4. The second-order valence-corrected chi connectivity index (χ2v) is 3.50. The van der Waals surface area contributed by atoms with Crippen molar-refractivity contribution in [3.63, 3.8) is 0 Å². The lowest BCUT2D eigenvalue weighted by molar-refractivity contribution is -0.116. The van der Waals surface area contributed by atoms with Gasteiger partial charge in [-0.3, -0.25) is 10.1 Å². The highest BCUT2D eigenvalue weighted by Crippen LogP contribution is 2.09. The fourth-order valence-electron chi connectivity index (χ4n) is 1.02. The van der Waals surface area contributed by atoms with E-state index in [4.69, 9.17) is 6.57 Å². The Morgan fingerprint density at radius 2 is 2.40 bits per heavy atom. The third kappa shape index (κ3) is 3.73. The Morgan fingerprint density at radius 1 is 1.67 bits per heavy atom. The minimum atomic E-state index is -0.132. The summed E-state index contributed by atoms with van der Waals surface area (Å²) >= 11 is 0. The molecule has 15 heavy (non-hydrogen) atoms. The molecule has 78 valence electrons. The van der Waals surface area contributed by atoms with Crippen LogP contribution in [-0.2, 0) is 4.79 Å². The average molecular weight is 204 g/mol. The SMILES string of the molecule is [C-]#[N+]c1ccnc(NC(=O)CC(C)C)n1. The first kappa shape index (κ1) is 11.1. The molecule has 0 aliphatic heterocycles. The molecule has 0 saturated heterocycles. The van der Waals surface area contributed by atoms with E-state index in [0.29, 0.717) is 6.42 Å². The number of aromatic nitrogens is 2. The van der Waals surface area contributed by atoms with Crippen molar-refractivity contribution in [2.24, 2.45) is 5.92 Å². The van der Waals surface area contributed by atoms with Gasteiger partial charge in [0.2, 0.25) is 5.91 Å². The number of anilines is 1. The van der Waals surface area contributed by atoms with Gasteiger partial charge in [-0.05, 0) is 12.0 Å². The van der Waals surface area contributed by atoms with E-state index in [1.807, 2.05) is 13.8 Å². The molecule has 1 amide bonds. The lowest BCUT2D eigenvalue weighted by Crippen LogP contribution is -2.15. The maximum Gasteiger partial charge on any atom is 0.326 e. The van der Waals surface area contributed by atoms with E-state index < -0.39 is 0 Å². The first-order valence-electron chi connectivity index (χ1n) is 4.62. The van der Waals surface area contributed by atoms with Crippen LogP contribution in [0.4, 0.5) is 11.8 Å². The van der Waals surface area contributed by atoms with Crippen LogP contribution in [0.1, 0.15) is 20.3 Å². The van der Waals surface area contributed by atoms with Crippen molar-refractivity contribution >= 4 is 17.7 Å². The van der Waals surface area contributed by atoms with Crippen molar-refractivity contribution in [1.82, 2.24) is 9.97 Å². The number of hydrogen-bond acceptors (Lipinski definition) is 3. The zero-order valence-corrected chi connectivity index (χ0v) is 8.69. The molecule has 0 aliphatic rings. The number of carbonyl (C=O) groups excluding carboxylic acids is 1. The summed E-state index contributed by atoms with van der Waals surface area (Å²) in [5.74, 6) is 0.570. The molecule has 0 saturated carbocycles. The normalized spacial score (nSPS) is 9.73. The first-order valence-corrected chi connectivity index (χ1v) is 4.62. The van der Waals surface area contributed by atoms with Crippen LogP contribution in [0.3, 0.4) is 0 Å². The highest BCUT2D eigenvalue weighted by molar-refractivity contribution is 5.89. The number of rotatable bonds is 3. The van der Waals surface area contributed by atoms with Gasteiger partial charge in [-0.25, -0.2) is 4.98 Å². The fourth-order valence-corrected chi connectivity index (χ4v) is 1.02. The van der Waals surface area contributed by atoms with E-state index in [1.54, 1.807) is 0 Å². The van der Waals surface area contributed by atoms with Crippen LogP contribution >= 0.6 is 0 Å². The van der Waals surface area contributed by atoms with Crippen molar-refractivity contribution < 1.29 is 4.79 Å². The van der Waals surface area contributed by atoms with Crippen LogP contribution in [-0.4, -0.2) is 15.9 Å². The summed E-state index contributed by atoms with van der Waals surface area (Å²) in [6.07, 6.45) is 1.87. The molecule has 1 rings (SSSR count). The molecule has 0 fully saturated rings. The van der Waals surface area contributed by atoms with Crippen LogP contribution in [0.5, 0.6) is 0 Å². The molecular weight excluding hydrogens is 192 g/mol. The molecule has 1 aromatic rings. The van der Waals surface area contributed by atoms with Gasteiger partial charge in [0.1, 0.15) is 0 Å². The molecule has 0 unspecified atom stereocenters. The predicted octanol–water partition coefficient (Wildman–Crippen LogP) is 2.01. The van der Waals surface area contributed by atoms with Gasteiger partial charge in [0, 0.05) is 12.6 Å². The molecule has 0 spiro atoms. The number of nitrogens with zero attached hydrogens (tertiary/aromatic N) is 3. The summed E-state index contributed by atoms with van der Waals surface area (Å²) < 4.78 is 0. The van der Waals surface area contributed by atoms with Gasteiger partial charge >= 0.3 is 5.95 Å². The number of hydrogen-bond donors (Lipinski definition) is 1. The second kappa shape index (κ2) is 5.05. The van der Waals surface area contributed by atoms with Crippen molar-refractivity contribution in [2.45, 2.75) is 20.3 Å². The van der Waals surface area contributed by atoms with Crippen molar-refractivity contribution in [3.8, 4) is 0 Å². The third-order valence-electron chi connectivity index (χ3n) is 1.60. The van der Waals surface area contributed by atoms with Gasteiger partial charge in [0.25, 0.3) is 5.82 Å². The van der Waals surface area contributed by atoms with Crippen molar-refractivity contribution in [1.29, 1.82) is 0 Å².